The number of carbonyl (C=O) groups excluding carboxylic acids is 1. The Balaban J connectivity index is 2.06. The minimum absolute atomic E-state index is 0.196. The van der Waals surface area contributed by atoms with E-state index in [-0.39, 0.29) is 5.91 Å². The van der Waals surface area contributed by atoms with Crippen LogP contribution < -0.4 is 5.32 Å². The van der Waals surface area contributed by atoms with Gasteiger partial charge in [0.15, 0.2) is 0 Å². The molecule has 0 aliphatic carbocycles. The maximum absolute atomic E-state index is 12.7. The fourth-order valence-corrected chi connectivity index (χ4v) is 3.38. The van der Waals surface area contributed by atoms with Gasteiger partial charge < -0.3 is 5.32 Å². The van der Waals surface area contributed by atoms with E-state index in [1.165, 1.54) is 0 Å². The fraction of sp³-hybridized carbons (Fsp3) is 0.176. The maximum Gasteiger partial charge on any atom is 0.274 e. The van der Waals surface area contributed by atoms with Crippen LogP contribution in [0.5, 0.6) is 0 Å². The zero-order chi connectivity index (χ0) is 16.7. The van der Waals surface area contributed by atoms with E-state index in [9.17, 15) is 4.79 Å². The van der Waals surface area contributed by atoms with E-state index in [0.29, 0.717) is 16.4 Å². The Morgan fingerprint density at radius 2 is 1.96 bits per heavy atom. The summed E-state index contributed by atoms with van der Waals surface area (Å²) in [7, 11) is 0. The van der Waals surface area contributed by atoms with Crippen molar-refractivity contribution in [1.82, 2.24) is 9.38 Å². The minimum atomic E-state index is -0.196. The Morgan fingerprint density at radius 3 is 2.65 bits per heavy atom. The summed E-state index contributed by atoms with van der Waals surface area (Å²) in [5.41, 5.74) is 4.65. The zero-order valence-electron chi connectivity index (χ0n) is 12.9. The third-order valence-electron chi connectivity index (χ3n) is 3.70. The van der Waals surface area contributed by atoms with Crippen molar-refractivity contribution in [2.45, 2.75) is 20.8 Å². The summed E-state index contributed by atoms with van der Waals surface area (Å²) in [4.78, 5) is 17.3. The minimum Gasteiger partial charge on any atom is -0.320 e. The maximum atomic E-state index is 12.7. The van der Waals surface area contributed by atoms with Crippen molar-refractivity contribution in [3.63, 3.8) is 0 Å². The van der Waals surface area contributed by atoms with E-state index in [1.54, 1.807) is 12.1 Å². The molecule has 3 aromatic rings. The number of imidazole rings is 1. The molecule has 1 N–H and O–H groups in total. The lowest BCUT2D eigenvalue weighted by Crippen LogP contribution is -2.16. The highest BCUT2D eigenvalue weighted by atomic mass is 79.9. The topological polar surface area (TPSA) is 46.4 Å². The lowest BCUT2D eigenvalue weighted by molar-refractivity contribution is 0.102. The Morgan fingerprint density at radius 1 is 1.22 bits per heavy atom. The van der Waals surface area contributed by atoms with E-state index < -0.39 is 0 Å². The average molecular weight is 393 g/mol. The zero-order valence-corrected chi connectivity index (χ0v) is 15.3. The molecule has 6 heteroatoms. The van der Waals surface area contributed by atoms with Gasteiger partial charge in [-0.2, -0.15) is 0 Å². The van der Waals surface area contributed by atoms with Crippen molar-refractivity contribution in [1.29, 1.82) is 0 Å². The first kappa shape index (κ1) is 16.0. The highest BCUT2D eigenvalue weighted by Crippen LogP contribution is 2.23. The molecule has 1 aromatic carbocycles. The number of amides is 1. The first-order valence-corrected chi connectivity index (χ1v) is 8.26. The molecule has 0 saturated carbocycles. The van der Waals surface area contributed by atoms with Gasteiger partial charge in [0.25, 0.3) is 5.91 Å². The molecule has 0 saturated heterocycles. The normalized spacial score (nSPS) is 11.0. The van der Waals surface area contributed by atoms with Gasteiger partial charge in [-0.1, -0.05) is 11.6 Å². The van der Waals surface area contributed by atoms with Crippen molar-refractivity contribution in [3.8, 4) is 0 Å². The van der Waals surface area contributed by atoms with Crippen LogP contribution in [-0.4, -0.2) is 15.3 Å². The molecule has 2 aromatic heterocycles. The van der Waals surface area contributed by atoms with Crippen LogP contribution >= 0.6 is 27.5 Å². The average Bonchev–Trinajstić information content (AvgIpc) is 2.78. The molecular formula is C17H15BrClN3O. The Hall–Kier alpha value is -1.85. The van der Waals surface area contributed by atoms with Crippen LogP contribution in [-0.2, 0) is 0 Å². The first-order valence-electron chi connectivity index (χ1n) is 7.09. The third kappa shape index (κ3) is 2.99. The van der Waals surface area contributed by atoms with Crippen LogP contribution in [0.2, 0.25) is 5.02 Å². The largest absolute Gasteiger partial charge is 0.320 e. The third-order valence-corrected chi connectivity index (χ3v) is 4.37. The van der Waals surface area contributed by atoms with E-state index in [4.69, 9.17) is 11.6 Å². The van der Waals surface area contributed by atoms with Gasteiger partial charge >= 0.3 is 0 Å². The SMILES string of the molecule is Cc1cc(Cl)ccc1NC(=O)c1c(C)nc2c(C)cc(Br)cn12. The van der Waals surface area contributed by atoms with Crippen molar-refractivity contribution >= 4 is 44.8 Å². The second-order valence-electron chi connectivity index (χ2n) is 5.49. The molecule has 2 heterocycles. The van der Waals surface area contributed by atoms with Gasteiger partial charge in [-0.05, 0) is 72.1 Å². The summed E-state index contributed by atoms with van der Waals surface area (Å²) in [6.07, 6.45) is 1.85. The number of hydrogen-bond donors (Lipinski definition) is 1. The van der Waals surface area contributed by atoms with Gasteiger partial charge in [0, 0.05) is 21.4 Å². The van der Waals surface area contributed by atoms with Gasteiger partial charge in [-0.3, -0.25) is 9.20 Å². The summed E-state index contributed by atoms with van der Waals surface area (Å²) in [5, 5.41) is 3.58. The molecule has 118 valence electrons. The van der Waals surface area contributed by atoms with E-state index in [1.807, 2.05) is 43.5 Å². The molecule has 23 heavy (non-hydrogen) atoms. The number of fused-ring (bicyclic) bond motifs is 1. The summed E-state index contributed by atoms with van der Waals surface area (Å²) in [6, 6.07) is 7.35. The number of benzene rings is 1. The highest BCUT2D eigenvalue weighted by molar-refractivity contribution is 9.10. The van der Waals surface area contributed by atoms with Crippen LogP contribution in [0.1, 0.15) is 27.3 Å². The molecule has 0 atom stereocenters. The number of carbonyl (C=O) groups is 1. The number of pyridine rings is 1. The van der Waals surface area contributed by atoms with Gasteiger partial charge in [0.2, 0.25) is 0 Å². The quantitative estimate of drug-likeness (QED) is 0.672. The second kappa shape index (κ2) is 5.98. The van der Waals surface area contributed by atoms with Crippen LogP contribution in [0.15, 0.2) is 34.9 Å². The molecular weight excluding hydrogens is 378 g/mol. The van der Waals surface area contributed by atoms with Crippen molar-refractivity contribution in [2.24, 2.45) is 0 Å². The second-order valence-corrected chi connectivity index (χ2v) is 6.85. The predicted octanol–water partition coefficient (Wildman–Crippen LogP) is 4.93. The monoisotopic (exact) mass is 391 g/mol. The highest BCUT2D eigenvalue weighted by Gasteiger charge is 2.18. The summed E-state index contributed by atoms with van der Waals surface area (Å²) in [6.45, 7) is 5.71. The van der Waals surface area contributed by atoms with Crippen LogP contribution in [0, 0.1) is 20.8 Å². The molecule has 0 unspecified atom stereocenters. The number of aromatic nitrogens is 2. The van der Waals surface area contributed by atoms with E-state index in [0.717, 1.165) is 26.9 Å². The lowest BCUT2D eigenvalue weighted by atomic mass is 10.2. The summed E-state index contributed by atoms with van der Waals surface area (Å²) < 4.78 is 2.71. The molecule has 0 bridgehead atoms. The fourth-order valence-electron chi connectivity index (χ4n) is 2.60. The number of halogens is 2. The smallest absolute Gasteiger partial charge is 0.274 e. The lowest BCUT2D eigenvalue weighted by Gasteiger charge is -2.09. The van der Waals surface area contributed by atoms with Gasteiger partial charge in [-0.25, -0.2) is 4.98 Å². The number of hydrogen-bond acceptors (Lipinski definition) is 2. The molecule has 0 aliphatic heterocycles. The van der Waals surface area contributed by atoms with E-state index >= 15 is 0 Å². The summed E-state index contributed by atoms with van der Waals surface area (Å²) in [5.74, 6) is -0.196. The number of nitrogens with zero attached hydrogens (tertiary/aromatic N) is 2. The molecule has 1 amide bonds. The predicted molar refractivity (Wildman–Crippen MR) is 96.5 cm³/mol. The van der Waals surface area contributed by atoms with Crippen LogP contribution in [0.3, 0.4) is 0 Å². The summed E-state index contributed by atoms with van der Waals surface area (Å²) >= 11 is 9.43. The Labute approximate surface area is 147 Å². The van der Waals surface area contributed by atoms with Crippen molar-refractivity contribution < 1.29 is 4.79 Å². The molecule has 0 radical (unpaired) electrons. The van der Waals surface area contributed by atoms with Crippen LogP contribution in [0.4, 0.5) is 5.69 Å². The molecule has 0 aliphatic rings. The van der Waals surface area contributed by atoms with Gasteiger partial charge in [0.1, 0.15) is 11.3 Å². The molecule has 4 nitrogen and oxygen atoms in total. The van der Waals surface area contributed by atoms with Crippen molar-refractivity contribution in [3.05, 3.63) is 62.5 Å². The Bertz CT molecular complexity index is 933. The number of aryl methyl sites for hydroxylation is 3. The first-order chi connectivity index (χ1) is 10.9. The molecule has 0 fully saturated rings. The van der Waals surface area contributed by atoms with Crippen molar-refractivity contribution in [2.75, 3.05) is 5.32 Å². The molecule has 3 rings (SSSR count). The molecule has 0 spiro atoms. The van der Waals surface area contributed by atoms with Gasteiger partial charge in [0.05, 0.1) is 5.69 Å². The van der Waals surface area contributed by atoms with Crippen LogP contribution in [0.25, 0.3) is 5.65 Å². The number of rotatable bonds is 2. The number of anilines is 1. The Kier molecular flexibility index (Phi) is 4.17. The standard InChI is InChI=1S/C17H15BrClN3O/c1-9-7-13(19)4-5-14(9)21-17(23)15-11(3)20-16-10(2)6-12(18)8-22(15)16/h4-8H,1-3H3,(H,21,23). The number of nitrogens with one attached hydrogen (secondary N) is 1. The van der Waals surface area contributed by atoms with E-state index in [2.05, 4.69) is 26.2 Å². The van der Waals surface area contributed by atoms with Gasteiger partial charge in [-0.15, -0.1) is 0 Å².